The highest BCUT2D eigenvalue weighted by atomic mass is 32.2. The van der Waals surface area contributed by atoms with Crippen molar-refractivity contribution in [2.45, 2.75) is 38.0 Å². The van der Waals surface area contributed by atoms with Gasteiger partial charge in [0.25, 0.3) is 0 Å². The molecule has 0 fully saturated rings. The van der Waals surface area contributed by atoms with Gasteiger partial charge in [-0.25, -0.2) is 8.42 Å². The molecular weight excluding hydrogens is 208 g/mol. The Hall–Kier alpha value is -0.830. The van der Waals surface area contributed by atoms with Crippen LogP contribution in [0.4, 0.5) is 0 Å². The molecule has 0 aliphatic carbocycles. The number of benzene rings is 1. The Morgan fingerprint density at radius 2 is 1.53 bits per heavy atom. The highest BCUT2D eigenvalue weighted by molar-refractivity contribution is 7.93. The highest BCUT2D eigenvalue weighted by Gasteiger charge is 2.16. The second-order valence-corrected chi connectivity index (χ2v) is 6.59. The van der Waals surface area contributed by atoms with Crippen molar-refractivity contribution in [2.75, 3.05) is 0 Å². The van der Waals surface area contributed by atoms with E-state index >= 15 is 0 Å². The third-order valence-electron chi connectivity index (χ3n) is 2.36. The summed E-state index contributed by atoms with van der Waals surface area (Å²) in [5, 5.41) is 0. The van der Waals surface area contributed by atoms with Crippen molar-refractivity contribution in [3.8, 4) is 0 Å². The number of rotatable bonds is 2. The molecule has 1 aromatic rings. The first-order valence-corrected chi connectivity index (χ1v) is 6.47. The standard InChI is InChI=1S/C12H17O2S/c1-5-15(13,14)11-8-6-10(7-9-11)12(2,3)4/h5-9H,1-4H3. The molecule has 0 saturated heterocycles. The van der Waals surface area contributed by atoms with E-state index < -0.39 is 9.84 Å². The quantitative estimate of drug-likeness (QED) is 0.775. The maximum Gasteiger partial charge on any atom is 0.182 e. The fourth-order valence-corrected chi connectivity index (χ4v) is 2.07. The predicted molar refractivity (Wildman–Crippen MR) is 62.3 cm³/mol. The summed E-state index contributed by atoms with van der Waals surface area (Å²) in [6.07, 6.45) is 0. The maximum absolute atomic E-state index is 11.5. The number of hydrogen-bond donors (Lipinski definition) is 0. The molecule has 0 aliphatic heterocycles. The van der Waals surface area contributed by atoms with Gasteiger partial charge in [0, 0.05) is 0 Å². The minimum atomic E-state index is -3.19. The summed E-state index contributed by atoms with van der Waals surface area (Å²) < 4.78 is 23.0. The Balaban J connectivity index is 3.12. The number of sulfone groups is 1. The van der Waals surface area contributed by atoms with Crippen molar-refractivity contribution in [1.82, 2.24) is 0 Å². The lowest BCUT2D eigenvalue weighted by Gasteiger charge is -2.18. The van der Waals surface area contributed by atoms with Crippen LogP contribution in [0.1, 0.15) is 33.3 Å². The molecule has 0 bridgehead atoms. The van der Waals surface area contributed by atoms with Gasteiger partial charge < -0.3 is 0 Å². The molecule has 15 heavy (non-hydrogen) atoms. The fraction of sp³-hybridized carbons (Fsp3) is 0.417. The van der Waals surface area contributed by atoms with Crippen LogP contribution in [0, 0.1) is 5.75 Å². The van der Waals surface area contributed by atoms with Gasteiger partial charge in [-0.15, -0.1) is 0 Å². The first kappa shape index (κ1) is 12.2. The molecule has 0 amide bonds. The average molecular weight is 225 g/mol. The minimum Gasteiger partial charge on any atom is -0.223 e. The topological polar surface area (TPSA) is 34.1 Å². The molecule has 0 N–H and O–H groups in total. The van der Waals surface area contributed by atoms with Gasteiger partial charge in [-0.2, -0.15) is 0 Å². The van der Waals surface area contributed by atoms with Crippen LogP contribution < -0.4 is 0 Å². The van der Waals surface area contributed by atoms with Gasteiger partial charge in [0.15, 0.2) is 9.84 Å². The molecule has 0 atom stereocenters. The van der Waals surface area contributed by atoms with E-state index in [2.05, 4.69) is 20.8 Å². The van der Waals surface area contributed by atoms with Crippen LogP contribution in [0.3, 0.4) is 0 Å². The Bertz CT molecular complexity index is 422. The largest absolute Gasteiger partial charge is 0.223 e. The summed E-state index contributed by atoms with van der Waals surface area (Å²) in [5.74, 6) is 1.22. The van der Waals surface area contributed by atoms with Gasteiger partial charge in [-0.05, 0) is 30.0 Å². The zero-order chi connectivity index (χ0) is 11.7. The fourth-order valence-electron chi connectivity index (χ4n) is 1.28. The summed E-state index contributed by atoms with van der Waals surface area (Å²) in [5.41, 5.74) is 1.19. The molecule has 0 aromatic heterocycles. The first-order valence-electron chi connectivity index (χ1n) is 4.92. The van der Waals surface area contributed by atoms with Gasteiger partial charge in [0.05, 0.1) is 10.6 Å². The van der Waals surface area contributed by atoms with Gasteiger partial charge >= 0.3 is 0 Å². The van der Waals surface area contributed by atoms with Gasteiger partial charge in [-0.1, -0.05) is 32.9 Å². The predicted octanol–water partition coefficient (Wildman–Crippen LogP) is 2.94. The average Bonchev–Trinajstić information content (AvgIpc) is 2.17. The second-order valence-electron chi connectivity index (χ2n) is 4.56. The van der Waals surface area contributed by atoms with Crippen LogP contribution in [0.15, 0.2) is 29.2 Å². The van der Waals surface area contributed by atoms with Crippen LogP contribution in [0.2, 0.25) is 0 Å². The van der Waals surface area contributed by atoms with E-state index in [1.807, 2.05) is 12.1 Å². The van der Waals surface area contributed by atoms with Gasteiger partial charge in [0.1, 0.15) is 0 Å². The Kier molecular flexibility index (Phi) is 3.24. The van der Waals surface area contributed by atoms with Crippen molar-refractivity contribution in [2.24, 2.45) is 0 Å². The van der Waals surface area contributed by atoms with E-state index in [4.69, 9.17) is 0 Å². The van der Waals surface area contributed by atoms with Crippen LogP contribution >= 0.6 is 0 Å². The molecule has 0 aliphatic rings. The second kappa shape index (κ2) is 3.97. The molecule has 83 valence electrons. The van der Waals surface area contributed by atoms with Gasteiger partial charge in [-0.3, -0.25) is 0 Å². The monoisotopic (exact) mass is 225 g/mol. The van der Waals surface area contributed by atoms with Gasteiger partial charge in [0.2, 0.25) is 0 Å². The van der Waals surface area contributed by atoms with E-state index in [1.165, 1.54) is 12.7 Å². The Morgan fingerprint density at radius 3 is 1.87 bits per heavy atom. The molecule has 0 spiro atoms. The third-order valence-corrected chi connectivity index (χ3v) is 3.91. The SMILES string of the molecule is C[CH]S(=O)(=O)c1ccc(C(C)(C)C)cc1. The van der Waals surface area contributed by atoms with Crippen molar-refractivity contribution in [3.05, 3.63) is 35.6 Å². The zero-order valence-electron chi connectivity index (χ0n) is 9.61. The Labute approximate surface area is 92.2 Å². The van der Waals surface area contributed by atoms with E-state index in [9.17, 15) is 8.42 Å². The number of hydrogen-bond acceptors (Lipinski definition) is 2. The minimum absolute atomic E-state index is 0.0538. The summed E-state index contributed by atoms with van der Waals surface area (Å²) >= 11 is 0. The molecule has 1 rings (SSSR count). The molecule has 3 heteroatoms. The van der Waals surface area contributed by atoms with Crippen molar-refractivity contribution in [1.29, 1.82) is 0 Å². The summed E-state index contributed by atoms with van der Waals surface area (Å²) in [7, 11) is -3.19. The molecule has 0 heterocycles. The molecule has 2 nitrogen and oxygen atoms in total. The van der Waals surface area contributed by atoms with Crippen LogP contribution in [0.25, 0.3) is 0 Å². The van der Waals surface area contributed by atoms with Crippen molar-refractivity contribution < 1.29 is 8.42 Å². The van der Waals surface area contributed by atoms with Crippen LogP contribution in [-0.2, 0) is 15.3 Å². The maximum atomic E-state index is 11.5. The first-order chi connectivity index (χ1) is 6.77. The smallest absolute Gasteiger partial charge is 0.182 e. The van der Waals surface area contributed by atoms with E-state index in [0.717, 1.165) is 5.56 Å². The normalized spacial score (nSPS) is 12.8. The zero-order valence-corrected chi connectivity index (χ0v) is 10.4. The molecule has 1 radical (unpaired) electrons. The van der Waals surface area contributed by atoms with Crippen LogP contribution in [-0.4, -0.2) is 8.42 Å². The molecule has 0 saturated carbocycles. The molecular formula is C12H17O2S. The van der Waals surface area contributed by atoms with Crippen LogP contribution in [0.5, 0.6) is 0 Å². The third kappa shape index (κ3) is 2.81. The molecule has 1 aromatic carbocycles. The van der Waals surface area contributed by atoms with Crippen molar-refractivity contribution >= 4 is 9.84 Å². The summed E-state index contributed by atoms with van der Waals surface area (Å²) in [4.78, 5) is 0.359. The summed E-state index contributed by atoms with van der Waals surface area (Å²) in [6.45, 7) is 7.83. The lowest BCUT2D eigenvalue weighted by atomic mass is 9.87. The van der Waals surface area contributed by atoms with E-state index in [1.54, 1.807) is 12.1 Å². The van der Waals surface area contributed by atoms with Crippen molar-refractivity contribution in [3.63, 3.8) is 0 Å². The highest BCUT2D eigenvalue weighted by Crippen LogP contribution is 2.24. The lowest BCUT2D eigenvalue weighted by Crippen LogP contribution is -2.11. The lowest BCUT2D eigenvalue weighted by molar-refractivity contribution is 0.587. The van der Waals surface area contributed by atoms with E-state index in [-0.39, 0.29) is 5.41 Å². The van der Waals surface area contributed by atoms with E-state index in [0.29, 0.717) is 4.90 Å². The summed E-state index contributed by atoms with van der Waals surface area (Å²) in [6, 6.07) is 7.07. The molecule has 0 unspecified atom stereocenters. The Morgan fingerprint density at radius 1 is 1.07 bits per heavy atom.